The van der Waals surface area contributed by atoms with E-state index in [-0.39, 0.29) is 48.0 Å². The van der Waals surface area contributed by atoms with Crippen molar-refractivity contribution in [2.75, 3.05) is 28.7 Å². The second kappa shape index (κ2) is 7.29. The summed E-state index contributed by atoms with van der Waals surface area (Å²) in [6.45, 7) is 3.25. The van der Waals surface area contributed by atoms with Crippen LogP contribution in [0.4, 0.5) is 22.9 Å². The van der Waals surface area contributed by atoms with Gasteiger partial charge < -0.3 is 15.1 Å². The van der Waals surface area contributed by atoms with Crippen LogP contribution in [-0.2, 0) is 16.6 Å². The van der Waals surface area contributed by atoms with Gasteiger partial charge in [-0.3, -0.25) is 19.7 Å². The lowest BCUT2D eigenvalue weighted by molar-refractivity contribution is -0.384. The van der Waals surface area contributed by atoms with Gasteiger partial charge >= 0.3 is 5.69 Å². The summed E-state index contributed by atoms with van der Waals surface area (Å²) in [5.41, 5.74) is 1.33. The minimum absolute atomic E-state index is 0.104. The van der Waals surface area contributed by atoms with Crippen LogP contribution in [0.2, 0.25) is 0 Å². The number of nitrogens with zero attached hydrogens (tertiary/aromatic N) is 5. The maximum atomic E-state index is 13.2. The Balaban J connectivity index is 1.93. The molecule has 1 aromatic carbocycles. The maximum Gasteiger partial charge on any atom is 0.333 e. The zero-order chi connectivity index (χ0) is 20.6. The molecule has 0 bridgehead atoms. The van der Waals surface area contributed by atoms with Crippen LogP contribution >= 0.6 is 0 Å². The van der Waals surface area contributed by atoms with E-state index in [1.807, 2.05) is 0 Å². The van der Waals surface area contributed by atoms with E-state index in [0.717, 1.165) is 0 Å². The summed E-state index contributed by atoms with van der Waals surface area (Å²) in [5.74, 6) is -0.186. The van der Waals surface area contributed by atoms with E-state index in [1.165, 1.54) is 9.58 Å². The van der Waals surface area contributed by atoms with Gasteiger partial charge in [0.1, 0.15) is 5.69 Å². The van der Waals surface area contributed by atoms with Gasteiger partial charge in [0.2, 0.25) is 17.6 Å². The lowest BCUT2D eigenvalue weighted by Crippen LogP contribution is -2.44. The molecule has 0 spiro atoms. The first-order valence-electron chi connectivity index (χ1n) is 8.80. The molecule has 2 aromatic rings. The number of aryl methyl sites for hydroxylation is 2. The Bertz CT molecular complexity index is 954. The first-order valence-corrected chi connectivity index (χ1v) is 8.80. The number of hydrogen-bond donors (Lipinski definition) is 1. The molecule has 1 aliphatic rings. The topological polar surface area (TPSA) is 114 Å². The van der Waals surface area contributed by atoms with E-state index < -0.39 is 4.92 Å². The number of carbonyl (C=O) groups is 2. The number of amides is 2. The Kier molecular flexibility index (Phi) is 5.04. The number of hydrogen-bond acceptors (Lipinski definition) is 6. The highest BCUT2D eigenvalue weighted by Gasteiger charge is 2.32. The van der Waals surface area contributed by atoms with Gasteiger partial charge in [0.25, 0.3) is 0 Å². The molecule has 2 heterocycles. The monoisotopic (exact) mass is 386 g/mol. The standard InChI is InChI=1S/C18H22N6O4/c1-11-9-15(25)19-13-7-5-6-8-14(13)23(11)16(26)10-21(3)18-17(24(27)28)12(2)20-22(18)4/h5-8,11H,9-10H2,1-4H3,(H,19,25). The molecular weight excluding hydrogens is 364 g/mol. The molecule has 1 atom stereocenters. The van der Waals surface area contributed by atoms with E-state index in [0.29, 0.717) is 11.4 Å². The Morgan fingerprint density at radius 1 is 1.43 bits per heavy atom. The first-order chi connectivity index (χ1) is 13.2. The summed E-state index contributed by atoms with van der Waals surface area (Å²) in [6.07, 6.45) is 0.162. The van der Waals surface area contributed by atoms with Gasteiger partial charge in [0.15, 0.2) is 0 Å². The normalized spacial score (nSPS) is 16.2. The highest BCUT2D eigenvalue weighted by molar-refractivity contribution is 6.05. The number of anilines is 3. The smallest absolute Gasteiger partial charge is 0.333 e. The largest absolute Gasteiger partial charge is 0.345 e. The molecule has 0 aliphatic carbocycles. The molecule has 1 aromatic heterocycles. The Morgan fingerprint density at radius 3 is 2.79 bits per heavy atom. The molecule has 1 aliphatic heterocycles. The maximum absolute atomic E-state index is 13.2. The number of nitrogens with one attached hydrogen (secondary N) is 1. The van der Waals surface area contributed by atoms with Crippen molar-refractivity contribution in [1.82, 2.24) is 9.78 Å². The third-order valence-corrected chi connectivity index (χ3v) is 4.71. The van der Waals surface area contributed by atoms with Crippen LogP contribution in [0.5, 0.6) is 0 Å². The molecule has 2 amide bonds. The van der Waals surface area contributed by atoms with E-state index in [2.05, 4.69) is 10.4 Å². The highest BCUT2D eigenvalue weighted by atomic mass is 16.6. The summed E-state index contributed by atoms with van der Waals surface area (Å²) in [6, 6.07) is 6.73. The Hall–Kier alpha value is -3.43. The second-order valence-corrected chi connectivity index (χ2v) is 6.88. The summed E-state index contributed by atoms with van der Waals surface area (Å²) in [5, 5.41) is 18.3. The molecule has 28 heavy (non-hydrogen) atoms. The number of nitro groups is 1. The number of carbonyl (C=O) groups excluding carboxylic acids is 2. The van der Waals surface area contributed by atoms with Gasteiger partial charge in [-0.25, -0.2) is 4.68 Å². The minimum atomic E-state index is -0.495. The Labute approximate surface area is 161 Å². The van der Waals surface area contributed by atoms with Crippen LogP contribution in [0.15, 0.2) is 24.3 Å². The zero-order valence-electron chi connectivity index (χ0n) is 16.2. The fourth-order valence-electron chi connectivity index (χ4n) is 3.60. The average Bonchev–Trinajstić information content (AvgIpc) is 2.83. The Morgan fingerprint density at radius 2 is 2.11 bits per heavy atom. The van der Waals surface area contributed by atoms with Crippen LogP contribution in [0.25, 0.3) is 0 Å². The molecule has 0 fully saturated rings. The molecule has 1 N–H and O–H groups in total. The van der Waals surface area contributed by atoms with Crippen molar-refractivity contribution in [2.24, 2.45) is 7.05 Å². The number of likely N-dealkylation sites (N-methyl/N-ethyl adjacent to an activating group) is 1. The van der Waals surface area contributed by atoms with Crippen molar-refractivity contribution in [3.05, 3.63) is 40.1 Å². The first kappa shape index (κ1) is 19.3. The minimum Gasteiger partial charge on any atom is -0.345 e. The van der Waals surface area contributed by atoms with Crippen LogP contribution in [0, 0.1) is 17.0 Å². The molecule has 10 nitrogen and oxygen atoms in total. The van der Waals surface area contributed by atoms with Crippen molar-refractivity contribution >= 4 is 34.7 Å². The second-order valence-electron chi connectivity index (χ2n) is 6.88. The third-order valence-electron chi connectivity index (χ3n) is 4.71. The average molecular weight is 386 g/mol. The van der Waals surface area contributed by atoms with Crippen molar-refractivity contribution in [1.29, 1.82) is 0 Å². The molecule has 0 saturated heterocycles. The predicted molar refractivity (Wildman–Crippen MR) is 105 cm³/mol. The van der Waals surface area contributed by atoms with Gasteiger partial charge in [-0.05, 0) is 26.0 Å². The van der Waals surface area contributed by atoms with E-state index >= 15 is 0 Å². The predicted octanol–water partition coefficient (Wildman–Crippen LogP) is 1.84. The third kappa shape index (κ3) is 3.40. The quantitative estimate of drug-likeness (QED) is 0.633. The van der Waals surface area contributed by atoms with Crippen LogP contribution < -0.4 is 15.1 Å². The summed E-state index contributed by atoms with van der Waals surface area (Å²) in [7, 11) is 3.21. The zero-order valence-corrected chi connectivity index (χ0v) is 16.2. The van der Waals surface area contributed by atoms with E-state index in [9.17, 15) is 19.7 Å². The van der Waals surface area contributed by atoms with Gasteiger partial charge in [-0.1, -0.05) is 12.1 Å². The molecule has 0 saturated carbocycles. The number of benzene rings is 1. The number of aromatic nitrogens is 2. The van der Waals surface area contributed by atoms with Gasteiger partial charge in [0, 0.05) is 26.6 Å². The van der Waals surface area contributed by atoms with Gasteiger partial charge in [0.05, 0.1) is 22.8 Å². The molecule has 0 radical (unpaired) electrons. The molecule has 10 heteroatoms. The highest BCUT2D eigenvalue weighted by Crippen LogP contribution is 2.33. The van der Waals surface area contributed by atoms with Crippen molar-refractivity contribution in [3.63, 3.8) is 0 Å². The summed E-state index contributed by atoms with van der Waals surface area (Å²) < 4.78 is 1.39. The molecule has 3 rings (SSSR count). The van der Waals surface area contributed by atoms with Crippen molar-refractivity contribution in [3.8, 4) is 0 Å². The van der Waals surface area contributed by atoms with Gasteiger partial charge in [-0.2, -0.15) is 5.10 Å². The summed E-state index contributed by atoms with van der Waals surface area (Å²) >= 11 is 0. The molecular formula is C18H22N6O4. The SMILES string of the molecule is Cc1nn(C)c(N(C)CC(=O)N2c3ccccc3NC(=O)CC2C)c1[N+](=O)[O-]. The molecule has 148 valence electrons. The fraction of sp³-hybridized carbons (Fsp3) is 0.389. The van der Waals surface area contributed by atoms with Crippen molar-refractivity contribution in [2.45, 2.75) is 26.3 Å². The van der Waals surface area contributed by atoms with Crippen LogP contribution in [-0.4, -0.2) is 46.2 Å². The fourth-order valence-corrected chi connectivity index (χ4v) is 3.60. The van der Waals surface area contributed by atoms with Crippen LogP contribution in [0.3, 0.4) is 0 Å². The number of fused-ring (bicyclic) bond motifs is 1. The lowest BCUT2D eigenvalue weighted by Gasteiger charge is -2.30. The van der Waals surface area contributed by atoms with E-state index in [1.54, 1.807) is 57.1 Å². The van der Waals surface area contributed by atoms with E-state index in [4.69, 9.17) is 0 Å². The summed E-state index contributed by atoms with van der Waals surface area (Å²) in [4.78, 5) is 39.3. The lowest BCUT2D eigenvalue weighted by atomic mass is 10.1. The number of para-hydroxylation sites is 2. The van der Waals surface area contributed by atoms with Crippen LogP contribution in [0.1, 0.15) is 19.0 Å². The van der Waals surface area contributed by atoms with Crippen molar-refractivity contribution < 1.29 is 14.5 Å². The number of rotatable bonds is 4. The van der Waals surface area contributed by atoms with Gasteiger partial charge in [-0.15, -0.1) is 0 Å². The molecule has 1 unspecified atom stereocenters.